The van der Waals surface area contributed by atoms with Crippen molar-refractivity contribution in [3.8, 4) is 11.5 Å². The second-order valence-electron chi connectivity index (χ2n) is 6.47. The molecule has 4 rings (SSSR count). The third kappa shape index (κ3) is 3.42. The van der Waals surface area contributed by atoms with Crippen molar-refractivity contribution in [2.45, 2.75) is 25.9 Å². The van der Waals surface area contributed by atoms with Crippen molar-refractivity contribution >= 4 is 5.82 Å². The first kappa shape index (κ1) is 15.5. The third-order valence-electron chi connectivity index (χ3n) is 4.70. The summed E-state index contributed by atoms with van der Waals surface area (Å²) < 4.78 is 10.9. The fourth-order valence-electron chi connectivity index (χ4n) is 3.35. The van der Waals surface area contributed by atoms with Crippen molar-refractivity contribution in [2.24, 2.45) is 0 Å². The summed E-state index contributed by atoms with van der Waals surface area (Å²) in [5.41, 5.74) is 0.858. The molecule has 0 radical (unpaired) electrons. The van der Waals surface area contributed by atoms with E-state index in [0.29, 0.717) is 17.8 Å². The molecule has 0 unspecified atom stereocenters. The minimum atomic E-state index is 0.437. The zero-order valence-electron chi connectivity index (χ0n) is 14.0. The number of nitrogens with zero attached hydrogens (tertiary/aromatic N) is 5. The average Bonchev–Trinajstić information content (AvgIpc) is 3.28. The Morgan fingerprint density at radius 1 is 1.21 bits per heavy atom. The Kier molecular flexibility index (Phi) is 4.44. The summed E-state index contributed by atoms with van der Waals surface area (Å²) in [6.45, 7) is 7.93. The van der Waals surface area contributed by atoms with Crippen molar-refractivity contribution in [1.29, 1.82) is 0 Å². The molecule has 0 amide bonds. The average molecular weight is 329 g/mol. The standard InChI is InChI=1S/C17H23N5O2/c1-13-19-17(24-20-13)14-4-5-16(18-11-14)22-8-6-21(7-9-22)12-15-3-2-10-23-15/h4-5,11,15H,2-3,6-10,12H2,1H3/t15-/m1/s1. The van der Waals surface area contributed by atoms with Gasteiger partial charge < -0.3 is 14.2 Å². The van der Waals surface area contributed by atoms with E-state index < -0.39 is 0 Å². The summed E-state index contributed by atoms with van der Waals surface area (Å²) in [6.07, 6.45) is 4.66. The molecule has 2 aromatic heterocycles. The minimum Gasteiger partial charge on any atom is -0.377 e. The summed E-state index contributed by atoms with van der Waals surface area (Å²) in [6, 6.07) is 4.03. The number of rotatable bonds is 4. The van der Waals surface area contributed by atoms with E-state index in [4.69, 9.17) is 9.26 Å². The summed E-state index contributed by atoms with van der Waals surface area (Å²) in [7, 11) is 0. The molecule has 0 N–H and O–H groups in total. The first-order valence-corrected chi connectivity index (χ1v) is 8.63. The van der Waals surface area contributed by atoms with Gasteiger partial charge in [-0.25, -0.2) is 4.98 Å². The van der Waals surface area contributed by atoms with Gasteiger partial charge in [0.05, 0.1) is 11.7 Å². The van der Waals surface area contributed by atoms with Crippen LogP contribution in [-0.4, -0.2) is 65.5 Å². The molecule has 2 aliphatic rings. The van der Waals surface area contributed by atoms with Crippen molar-refractivity contribution in [3.63, 3.8) is 0 Å². The molecule has 4 heterocycles. The smallest absolute Gasteiger partial charge is 0.259 e. The Morgan fingerprint density at radius 3 is 2.71 bits per heavy atom. The molecule has 0 saturated carbocycles. The van der Waals surface area contributed by atoms with Crippen LogP contribution in [0, 0.1) is 6.92 Å². The van der Waals surface area contributed by atoms with Gasteiger partial charge in [-0.1, -0.05) is 5.16 Å². The van der Waals surface area contributed by atoms with Crippen LogP contribution in [0.5, 0.6) is 0 Å². The Labute approximate surface area is 141 Å². The van der Waals surface area contributed by atoms with Gasteiger partial charge in [-0.15, -0.1) is 0 Å². The molecule has 2 fully saturated rings. The van der Waals surface area contributed by atoms with Crippen LogP contribution in [0.4, 0.5) is 5.82 Å². The first-order chi connectivity index (χ1) is 11.8. The summed E-state index contributed by atoms with van der Waals surface area (Å²) >= 11 is 0. The molecule has 2 saturated heterocycles. The highest BCUT2D eigenvalue weighted by Crippen LogP contribution is 2.21. The topological polar surface area (TPSA) is 67.5 Å². The molecule has 24 heavy (non-hydrogen) atoms. The van der Waals surface area contributed by atoms with Crippen LogP contribution in [0.25, 0.3) is 11.5 Å². The number of aromatic nitrogens is 3. The summed E-state index contributed by atoms with van der Waals surface area (Å²) in [5.74, 6) is 2.16. The SMILES string of the molecule is Cc1noc(-c2ccc(N3CCN(C[C@H]4CCCO4)CC3)nc2)n1. The van der Waals surface area contributed by atoms with E-state index in [-0.39, 0.29) is 0 Å². The maximum Gasteiger partial charge on any atom is 0.259 e. The molecule has 7 heteroatoms. The fourth-order valence-corrected chi connectivity index (χ4v) is 3.35. The zero-order chi connectivity index (χ0) is 16.4. The van der Waals surface area contributed by atoms with Crippen LogP contribution < -0.4 is 4.90 Å². The molecule has 2 aliphatic heterocycles. The van der Waals surface area contributed by atoms with Gasteiger partial charge in [0.1, 0.15) is 5.82 Å². The molecule has 128 valence electrons. The van der Waals surface area contributed by atoms with Crippen molar-refractivity contribution in [2.75, 3.05) is 44.2 Å². The van der Waals surface area contributed by atoms with Crippen molar-refractivity contribution in [3.05, 3.63) is 24.2 Å². The number of hydrogen-bond acceptors (Lipinski definition) is 7. The Hall–Kier alpha value is -1.99. The number of ether oxygens (including phenoxy) is 1. The van der Waals surface area contributed by atoms with Crippen LogP contribution in [-0.2, 0) is 4.74 Å². The monoisotopic (exact) mass is 329 g/mol. The van der Waals surface area contributed by atoms with E-state index >= 15 is 0 Å². The van der Waals surface area contributed by atoms with Gasteiger partial charge in [0, 0.05) is 45.5 Å². The van der Waals surface area contributed by atoms with Crippen LogP contribution in [0.1, 0.15) is 18.7 Å². The maximum absolute atomic E-state index is 5.74. The van der Waals surface area contributed by atoms with E-state index in [9.17, 15) is 0 Å². The van der Waals surface area contributed by atoms with Gasteiger partial charge >= 0.3 is 0 Å². The number of piperazine rings is 1. The van der Waals surface area contributed by atoms with Gasteiger partial charge in [0.15, 0.2) is 5.82 Å². The van der Waals surface area contributed by atoms with Gasteiger partial charge in [0.25, 0.3) is 5.89 Å². The minimum absolute atomic E-state index is 0.437. The predicted octanol–water partition coefficient (Wildman–Crippen LogP) is 1.74. The lowest BCUT2D eigenvalue weighted by atomic mass is 10.2. The molecule has 7 nitrogen and oxygen atoms in total. The Balaban J connectivity index is 1.33. The largest absolute Gasteiger partial charge is 0.377 e. The third-order valence-corrected chi connectivity index (χ3v) is 4.70. The van der Waals surface area contributed by atoms with Crippen LogP contribution in [0.15, 0.2) is 22.9 Å². The summed E-state index contributed by atoms with van der Waals surface area (Å²) in [4.78, 5) is 13.6. The van der Waals surface area contributed by atoms with Crippen LogP contribution in [0.3, 0.4) is 0 Å². The van der Waals surface area contributed by atoms with Gasteiger partial charge in [-0.05, 0) is 31.9 Å². The molecule has 0 spiro atoms. The molecule has 0 aromatic carbocycles. The van der Waals surface area contributed by atoms with E-state index in [0.717, 1.165) is 50.7 Å². The second-order valence-corrected chi connectivity index (χ2v) is 6.47. The number of aryl methyl sites for hydroxylation is 1. The lowest BCUT2D eigenvalue weighted by molar-refractivity contribution is 0.0712. The van der Waals surface area contributed by atoms with Gasteiger partial charge in [0.2, 0.25) is 0 Å². The normalized spacial score (nSPS) is 22.2. The van der Waals surface area contributed by atoms with Crippen molar-refractivity contribution < 1.29 is 9.26 Å². The van der Waals surface area contributed by atoms with E-state index in [2.05, 4.69) is 24.9 Å². The quantitative estimate of drug-likeness (QED) is 0.846. The molecule has 1 atom stereocenters. The fraction of sp³-hybridized carbons (Fsp3) is 0.588. The van der Waals surface area contributed by atoms with Crippen LogP contribution in [0.2, 0.25) is 0 Å². The summed E-state index contributed by atoms with van der Waals surface area (Å²) in [5, 5.41) is 3.82. The number of pyridine rings is 1. The Bertz CT molecular complexity index is 658. The highest BCUT2D eigenvalue weighted by molar-refractivity contribution is 5.54. The zero-order valence-corrected chi connectivity index (χ0v) is 14.0. The lowest BCUT2D eigenvalue weighted by Gasteiger charge is -2.36. The van der Waals surface area contributed by atoms with Crippen LogP contribution >= 0.6 is 0 Å². The molecule has 2 aromatic rings. The highest BCUT2D eigenvalue weighted by Gasteiger charge is 2.23. The molecular weight excluding hydrogens is 306 g/mol. The lowest BCUT2D eigenvalue weighted by Crippen LogP contribution is -2.48. The predicted molar refractivity (Wildman–Crippen MR) is 89.9 cm³/mol. The van der Waals surface area contributed by atoms with E-state index in [1.54, 1.807) is 6.20 Å². The highest BCUT2D eigenvalue weighted by atomic mass is 16.5. The molecule has 0 aliphatic carbocycles. The second kappa shape index (κ2) is 6.86. The van der Waals surface area contributed by atoms with E-state index in [1.165, 1.54) is 12.8 Å². The first-order valence-electron chi connectivity index (χ1n) is 8.63. The molecular formula is C17H23N5O2. The Morgan fingerprint density at radius 2 is 2.08 bits per heavy atom. The maximum atomic E-state index is 5.74. The van der Waals surface area contributed by atoms with Gasteiger partial charge in [-0.2, -0.15) is 4.98 Å². The number of hydrogen-bond donors (Lipinski definition) is 0. The number of anilines is 1. The van der Waals surface area contributed by atoms with Crippen molar-refractivity contribution in [1.82, 2.24) is 20.0 Å². The van der Waals surface area contributed by atoms with E-state index in [1.807, 2.05) is 19.1 Å². The van der Waals surface area contributed by atoms with Gasteiger partial charge in [-0.3, -0.25) is 4.90 Å². The molecule has 0 bridgehead atoms.